The Kier molecular flexibility index (Phi) is 8.19. The summed E-state index contributed by atoms with van der Waals surface area (Å²) in [4.78, 5) is 17.4. The van der Waals surface area contributed by atoms with Crippen molar-refractivity contribution in [3.05, 3.63) is 95.3 Å². The predicted octanol–water partition coefficient (Wildman–Crippen LogP) is 6.30. The van der Waals surface area contributed by atoms with Crippen molar-refractivity contribution in [3.63, 3.8) is 0 Å². The molecule has 0 saturated carbocycles. The van der Waals surface area contributed by atoms with E-state index in [4.69, 9.17) is 9.72 Å². The number of rotatable bonds is 11. The first-order valence-electron chi connectivity index (χ1n) is 12.5. The number of fused-ring (bicyclic) bond motifs is 1. The fourth-order valence-electron chi connectivity index (χ4n) is 4.29. The van der Waals surface area contributed by atoms with E-state index in [-0.39, 0.29) is 5.91 Å². The third-order valence-electron chi connectivity index (χ3n) is 6.35. The molecule has 0 spiro atoms. The SMILES string of the molecule is Cc1ccccc1C(=O)NCCc1nc2ccccc2n1CCCCOc1ccc(C(C)C)cc1. The minimum atomic E-state index is -0.0377. The first-order chi connectivity index (χ1) is 17.0. The lowest BCUT2D eigenvalue weighted by atomic mass is 10.0. The molecule has 35 heavy (non-hydrogen) atoms. The van der Waals surface area contributed by atoms with Crippen LogP contribution >= 0.6 is 0 Å². The van der Waals surface area contributed by atoms with Crippen LogP contribution in [0.4, 0.5) is 0 Å². The normalized spacial score (nSPS) is 11.2. The number of aromatic nitrogens is 2. The fourth-order valence-corrected chi connectivity index (χ4v) is 4.29. The van der Waals surface area contributed by atoms with Crippen LogP contribution in [0.1, 0.15) is 59.9 Å². The average Bonchev–Trinajstić information content (AvgIpc) is 3.21. The van der Waals surface area contributed by atoms with E-state index >= 15 is 0 Å². The first-order valence-corrected chi connectivity index (χ1v) is 12.5. The zero-order valence-electron chi connectivity index (χ0n) is 21.0. The largest absolute Gasteiger partial charge is 0.494 e. The monoisotopic (exact) mass is 469 g/mol. The molecule has 1 amide bonds. The molecule has 3 aromatic carbocycles. The second kappa shape index (κ2) is 11.7. The van der Waals surface area contributed by atoms with Gasteiger partial charge in [-0.25, -0.2) is 4.98 Å². The zero-order valence-corrected chi connectivity index (χ0v) is 21.0. The second-order valence-corrected chi connectivity index (χ2v) is 9.27. The lowest BCUT2D eigenvalue weighted by molar-refractivity contribution is 0.0953. The molecule has 0 fully saturated rings. The van der Waals surface area contributed by atoms with Crippen LogP contribution in [0.5, 0.6) is 5.75 Å². The number of hydrogen-bond donors (Lipinski definition) is 1. The summed E-state index contributed by atoms with van der Waals surface area (Å²) in [6.45, 7) is 8.46. The van der Waals surface area contributed by atoms with Gasteiger partial charge in [0.25, 0.3) is 5.91 Å². The van der Waals surface area contributed by atoms with Gasteiger partial charge in [0.1, 0.15) is 11.6 Å². The number of aryl methyl sites for hydroxylation is 2. The molecule has 0 aliphatic rings. The molecule has 0 bridgehead atoms. The van der Waals surface area contributed by atoms with Crippen LogP contribution in [0, 0.1) is 6.92 Å². The van der Waals surface area contributed by atoms with Gasteiger partial charge in [-0.2, -0.15) is 0 Å². The maximum atomic E-state index is 12.6. The molecule has 1 N–H and O–H groups in total. The van der Waals surface area contributed by atoms with Crippen molar-refractivity contribution < 1.29 is 9.53 Å². The van der Waals surface area contributed by atoms with Crippen LogP contribution in [0.25, 0.3) is 11.0 Å². The predicted molar refractivity (Wildman–Crippen MR) is 142 cm³/mol. The van der Waals surface area contributed by atoms with E-state index in [9.17, 15) is 4.79 Å². The number of imidazole rings is 1. The summed E-state index contributed by atoms with van der Waals surface area (Å²) in [7, 11) is 0. The summed E-state index contributed by atoms with van der Waals surface area (Å²) in [6.07, 6.45) is 2.64. The highest BCUT2D eigenvalue weighted by Gasteiger charge is 2.12. The summed E-state index contributed by atoms with van der Waals surface area (Å²) in [5.74, 6) is 2.41. The molecule has 5 heteroatoms. The highest BCUT2D eigenvalue weighted by atomic mass is 16.5. The molecule has 1 heterocycles. The van der Waals surface area contributed by atoms with Gasteiger partial charge >= 0.3 is 0 Å². The Morgan fingerprint density at radius 1 is 0.971 bits per heavy atom. The molecular formula is C30H35N3O2. The van der Waals surface area contributed by atoms with Crippen LogP contribution in [-0.4, -0.2) is 28.6 Å². The van der Waals surface area contributed by atoms with Crippen molar-refractivity contribution in [3.8, 4) is 5.75 Å². The number of para-hydroxylation sites is 2. The Balaban J connectivity index is 1.31. The standard InChI is InChI=1S/C30H35N3O2/c1-22(2)24-14-16-25(17-15-24)35-21-9-8-20-33-28-13-7-6-12-27(28)32-29(33)18-19-31-30(34)26-11-5-4-10-23(26)3/h4-7,10-17,22H,8-9,18-21H2,1-3H3,(H,31,34). The number of carbonyl (C=O) groups excluding carboxylic acids is 1. The Morgan fingerprint density at radius 2 is 1.71 bits per heavy atom. The number of nitrogens with one attached hydrogen (secondary N) is 1. The number of ether oxygens (including phenoxy) is 1. The highest BCUT2D eigenvalue weighted by Crippen LogP contribution is 2.20. The van der Waals surface area contributed by atoms with Crippen molar-refractivity contribution in [2.24, 2.45) is 0 Å². The van der Waals surface area contributed by atoms with E-state index in [1.165, 1.54) is 5.56 Å². The van der Waals surface area contributed by atoms with E-state index < -0.39 is 0 Å². The molecule has 0 saturated heterocycles. The fraction of sp³-hybridized carbons (Fsp3) is 0.333. The van der Waals surface area contributed by atoms with E-state index in [0.29, 0.717) is 25.5 Å². The van der Waals surface area contributed by atoms with Gasteiger partial charge in [0.2, 0.25) is 0 Å². The summed E-state index contributed by atoms with van der Waals surface area (Å²) < 4.78 is 8.23. The van der Waals surface area contributed by atoms with Crippen molar-refractivity contribution in [2.75, 3.05) is 13.2 Å². The summed E-state index contributed by atoms with van der Waals surface area (Å²) >= 11 is 0. The number of carbonyl (C=O) groups is 1. The van der Waals surface area contributed by atoms with Gasteiger partial charge < -0.3 is 14.6 Å². The summed E-state index contributed by atoms with van der Waals surface area (Å²) in [6, 6.07) is 24.3. The Morgan fingerprint density at radius 3 is 2.49 bits per heavy atom. The van der Waals surface area contributed by atoms with Gasteiger partial charge in [0.05, 0.1) is 17.6 Å². The molecule has 0 aliphatic carbocycles. The lowest BCUT2D eigenvalue weighted by Crippen LogP contribution is -2.27. The van der Waals surface area contributed by atoms with E-state index in [1.807, 2.05) is 49.4 Å². The Labute approximate surface area is 208 Å². The summed E-state index contributed by atoms with van der Waals surface area (Å²) in [5.41, 5.74) is 5.16. The molecule has 0 atom stereocenters. The van der Waals surface area contributed by atoms with Gasteiger partial charge in [0.15, 0.2) is 0 Å². The lowest BCUT2D eigenvalue weighted by Gasteiger charge is -2.12. The van der Waals surface area contributed by atoms with Crippen LogP contribution in [0.2, 0.25) is 0 Å². The molecule has 4 aromatic rings. The Hall–Kier alpha value is -3.60. The number of benzene rings is 3. The molecular weight excluding hydrogens is 434 g/mol. The maximum absolute atomic E-state index is 12.6. The van der Waals surface area contributed by atoms with Gasteiger partial charge in [-0.15, -0.1) is 0 Å². The van der Waals surface area contributed by atoms with E-state index in [1.54, 1.807) is 0 Å². The van der Waals surface area contributed by atoms with Crippen LogP contribution in [-0.2, 0) is 13.0 Å². The Bertz CT molecular complexity index is 1260. The van der Waals surface area contributed by atoms with Crippen molar-refractivity contribution in [1.82, 2.24) is 14.9 Å². The topological polar surface area (TPSA) is 56.2 Å². The smallest absolute Gasteiger partial charge is 0.251 e. The van der Waals surface area contributed by atoms with Gasteiger partial charge in [-0.1, -0.05) is 56.3 Å². The highest BCUT2D eigenvalue weighted by molar-refractivity contribution is 5.95. The quantitative estimate of drug-likeness (QED) is 0.262. The average molecular weight is 470 g/mol. The molecule has 0 aliphatic heterocycles. The third-order valence-corrected chi connectivity index (χ3v) is 6.35. The third kappa shape index (κ3) is 6.30. The molecule has 182 valence electrons. The van der Waals surface area contributed by atoms with Crippen LogP contribution in [0.3, 0.4) is 0 Å². The minimum Gasteiger partial charge on any atom is -0.494 e. The minimum absolute atomic E-state index is 0.0377. The zero-order chi connectivity index (χ0) is 24.6. The van der Waals surface area contributed by atoms with Gasteiger partial charge in [-0.3, -0.25) is 4.79 Å². The number of amides is 1. The maximum Gasteiger partial charge on any atom is 0.251 e. The van der Waals surface area contributed by atoms with Crippen molar-refractivity contribution >= 4 is 16.9 Å². The second-order valence-electron chi connectivity index (χ2n) is 9.27. The molecule has 5 nitrogen and oxygen atoms in total. The molecule has 1 aromatic heterocycles. The number of unbranched alkanes of at least 4 members (excludes halogenated alkanes) is 1. The van der Waals surface area contributed by atoms with Crippen molar-refractivity contribution in [1.29, 1.82) is 0 Å². The van der Waals surface area contributed by atoms with E-state index in [2.05, 4.69) is 54.1 Å². The molecule has 0 radical (unpaired) electrons. The molecule has 0 unspecified atom stereocenters. The van der Waals surface area contributed by atoms with Crippen LogP contribution < -0.4 is 10.1 Å². The van der Waals surface area contributed by atoms with E-state index in [0.717, 1.165) is 53.1 Å². The first kappa shape index (κ1) is 24.5. The van der Waals surface area contributed by atoms with Crippen molar-refractivity contribution in [2.45, 2.75) is 52.5 Å². The molecule has 4 rings (SSSR count). The summed E-state index contributed by atoms with van der Waals surface area (Å²) in [5, 5.41) is 3.05. The van der Waals surface area contributed by atoms with Gasteiger partial charge in [-0.05, 0) is 67.1 Å². The van der Waals surface area contributed by atoms with Crippen LogP contribution in [0.15, 0.2) is 72.8 Å². The number of nitrogens with zero attached hydrogens (tertiary/aromatic N) is 2. The number of hydrogen-bond acceptors (Lipinski definition) is 3. The van der Waals surface area contributed by atoms with Gasteiger partial charge in [0, 0.05) is 25.1 Å².